The lowest BCUT2D eigenvalue weighted by atomic mass is 10.2. The highest BCUT2D eigenvalue weighted by atomic mass is 35.5. The molecule has 0 bridgehead atoms. The zero-order valence-corrected chi connectivity index (χ0v) is 7.54. The third-order valence-electron chi connectivity index (χ3n) is 1.54. The first-order valence-corrected chi connectivity index (χ1v) is 4.00. The Kier molecular flexibility index (Phi) is 2.70. The molecule has 0 radical (unpaired) electrons. The van der Waals surface area contributed by atoms with Gasteiger partial charge in [0.15, 0.2) is 0 Å². The van der Waals surface area contributed by atoms with Crippen LogP contribution in [-0.2, 0) is 0 Å². The molecule has 5 heteroatoms. The van der Waals surface area contributed by atoms with Crippen molar-refractivity contribution >= 4 is 17.4 Å². The lowest BCUT2D eigenvalue weighted by Crippen LogP contribution is -2.16. The lowest BCUT2D eigenvalue weighted by Gasteiger charge is -2.09. The first-order chi connectivity index (χ1) is 5.59. The van der Waals surface area contributed by atoms with Crippen LogP contribution in [0.25, 0.3) is 0 Å². The summed E-state index contributed by atoms with van der Waals surface area (Å²) in [5.41, 5.74) is 5.25. The van der Waals surface area contributed by atoms with E-state index in [9.17, 15) is 0 Å². The van der Waals surface area contributed by atoms with Crippen molar-refractivity contribution in [2.45, 2.75) is 19.4 Å². The van der Waals surface area contributed by atoms with Crippen molar-refractivity contribution < 1.29 is 0 Å². The second-order valence-corrected chi connectivity index (χ2v) is 3.15. The van der Waals surface area contributed by atoms with Gasteiger partial charge in [0.2, 0.25) is 0 Å². The molecule has 0 aliphatic rings. The maximum Gasteiger partial charge on any atom is 0.0926 e. The van der Waals surface area contributed by atoms with E-state index in [4.69, 9.17) is 22.7 Å². The molecule has 1 aromatic heterocycles. The third-order valence-corrected chi connectivity index (χ3v) is 1.73. The predicted molar refractivity (Wildman–Crippen MR) is 48.5 cm³/mol. The normalized spacial score (nSPS) is 12.8. The first-order valence-electron chi connectivity index (χ1n) is 3.62. The van der Waals surface area contributed by atoms with Crippen LogP contribution in [0, 0.1) is 5.41 Å². The number of nitrogens with one attached hydrogen (secondary N) is 1. The Morgan fingerprint density at radius 3 is 3.00 bits per heavy atom. The van der Waals surface area contributed by atoms with Crippen molar-refractivity contribution in [3.63, 3.8) is 0 Å². The number of halogens is 1. The molecule has 1 rings (SSSR count). The summed E-state index contributed by atoms with van der Waals surface area (Å²) < 4.78 is 1.70. The molecule has 0 saturated heterocycles. The number of amidine groups is 1. The minimum atomic E-state index is 0.0926. The van der Waals surface area contributed by atoms with E-state index < -0.39 is 0 Å². The number of nitrogens with zero attached hydrogens (tertiary/aromatic N) is 2. The molecule has 66 valence electrons. The maximum absolute atomic E-state index is 7.08. The highest BCUT2D eigenvalue weighted by molar-refractivity contribution is 6.30. The van der Waals surface area contributed by atoms with Crippen LogP contribution in [0.3, 0.4) is 0 Å². The molecular weight excluding hydrogens is 176 g/mol. The van der Waals surface area contributed by atoms with Gasteiger partial charge in [0, 0.05) is 12.6 Å². The molecule has 1 atom stereocenters. The molecule has 0 aromatic carbocycles. The quantitative estimate of drug-likeness (QED) is 0.554. The van der Waals surface area contributed by atoms with E-state index in [0.717, 1.165) is 0 Å². The minimum Gasteiger partial charge on any atom is -0.388 e. The zero-order chi connectivity index (χ0) is 9.14. The highest BCUT2D eigenvalue weighted by Crippen LogP contribution is 2.12. The molecule has 0 saturated carbocycles. The van der Waals surface area contributed by atoms with Crippen LogP contribution in [0.1, 0.15) is 19.4 Å². The summed E-state index contributed by atoms with van der Waals surface area (Å²) in [6.07, 6.45) is 3.78. The van der Waals surface area contributed by atoms with Crippen LogP contribution >= 0.6 is 11.6 Å². The average Bonchev–Trinajstić information content (AvgIpc) is 2.34. The number of hydrogen-bond donors (Lipinski definition) is 2. The van der Waals surface area contributed by atoms with Crippen molar-refractivity contribution in [2.75, 3.05) is 0 Å². The topological polar surface area (TPSA) is 67.7 Å². The van der Waals surface area contributed by atoms with Crippen LogP contribution in [-0.4, -0.2) is 15.6 Å². The molecule has 0 amide bonds. The molecule has 1 aromatic rings. The highest BCUT2D eigenvalue weighted by Gasteiger charge is 2.06. The average molecular weight is 187 g/mol. The summed E-state index contributed by atoms with van der Waals surface area (Å²) in [7, 11) is 0. The van der Waals surface area contributed by atoms with Gasteiger partial charge in [-0.1, -0.05) is 11.6 Å². The van der Waals surface area contributed by atoms with E-state index >= 15 is 0 Å². The lowest BCUT2D eigenvalue weighted by molar-refractivity contribution is 0.505. The van der Waals surface area contributed by atoms with Crippen LogP contribution in [0.2, 0.25) is 5.02 Å². The number of nitrogens with two attached hydrogens (primary N) is 1. The van der Waals surface area contributed by atoms with Gasteiger partial charge in [-0.05, 0) is 6.92 Å². The van der Waals surface area contributed by atoms with Gasteiger partial charge in [-0.2, -0.15) is 5.10 Å². The standard InChI is InChI=1S/C7H11ClN4/c1-5(2-7(9)10)12-4-6(8)3-11-12/h3-5H,2H2,1H3,(H3,9,10). The number of aromatic nitrogens is 2. The molecule has 0 spiro atoms. The smallest absolute Gasteiger partial charge is 0.0926 e. The number of hydrogen-bond acceptors (Lipinski definition) is 2. The molecule has 3 N–H and O–H groups in total. The van der Waals surface area contributed by atoms with Crippen molar-refractivity contribution in [2.24, 2.45) is 5.73 Å². The van der Waals surface area contributed by atoms with Gasteiger partial charge in [-0.15, -0.1) is 0 Å². The summed E-state index contributed by atoms with van der Waals surface area (Å²) in [4.78, 5) is 0. The van der Waals surface area contributed by atoms with Gasteiger partial charge in [-0.3, -0.25) is 10.1 Å². The third kappa shape index (κ3) is 2.23. The van der Waals surface area contributed by atoms with E-state index in [1.807, 2.05) is 6.92 Å². The fourth-order valence-electron chi connectivity index (χ4n) is 0.968. The second-order valence-electron chi connectivity index (χ2n) is 2.72. The zero-order valence-electron chi connectivity index (χ0n) is 6.79. The SMILES string of the molecule is CC(CC(=N)N)n1cc(Cl)cn1. The monoisotopic (exact) mass is 186 g/mol. The van der Waals surface area contributed by atoms with Gasteiger partial charge in [0.05, 0.1) is 23.1 Å². The Labute approximate surface area is 75.8 Å². The van der Waals surface area contributed by atoms with E-state index in [1.54, 1.807) is 17.1 Å². The van der Waals surface area contributed by atoms with Gasteiger partial charge >= 0.3 is 0 Å². The van der Waals surface area contributed by atoms with Crippen molar-refractivity contribution in [1.82, 2.24) is 9.78 Å². The van der Waals surface area contributed by atoms with Crippen molar-refractivity contribution in [1.29, 1.82) is 5.41 Å². The van der Waals surface area contributed by atoms with E-state index in [2.05, 4.69) is 5.10 Å². The molecule has 0 aliphatic heterocycles. The number of rotatable bonds is 3. The fourth-order valence-corrected chi connectivity index (χ4v) is 1.11. The maximum atomic E-state index is 7.08. The second kappa shape index (κ2) is 3.58. The summed E-state index contributed by atoms with van der Waals surface area (Å²) in [6.45, 7) is 1.94. The predicted octanol–water partition coefficient (Wildman–Crippen LogP) is 1.42. The van der Waals surface area contributed by atoms with Crippen molar-refractivity contribution in [3.8, 4) is 0 Å². The Morgan fingerprint density at radius 2 is 2.58 bits per heavy atom. The molecule has 0 aliphatic carbocycles. The van der Waals surface area contributed by atoms with Gasteiger partial charge in [0.1, 0.15) is 0 Å². The van der Waals surface area contributed by atoms with E-state index in [1.165, 1.54) is 0 Å². The van der Waals surface area contributed by atoms with E-state index in [0.29, 0.717) is 11.4 Å². The molecule has 4 nitrogen and oxygen atoms in total. The van der Waals surface area contributed by atoms with Gasteiger partial charge in [0.25, 0.3) is 0 Å². The summed E-state index contributed by atoms with van der Waals surface area (Å²) in [5.74, 6) is 0.161. The molecule has 1 unspecified atom stereocenters. The van der Waals surface area contributed by atoms with Crippen LogP contribution in [0.5, 0.6) is 0 Å². The Morgan fingerprint density at radius 1 is 1.92 bits per heavy atom. The first kappa shape index (κ1) is 9.06. The largest absolute Gasteiger partial charge is 0.388 e. The van der Waals surface area contributed by atoms with Crippen LogP contribution < -0.4 is 5.73 Å². The minimum absolute atomic E-state index is 0.0926. The summed E-state index contributed by atoms with van der Waals surface area (Å²) in [6, 6.07) is 0.0926. The van der Waals surface area contributed by atoms with E-state index in [-0.39, 0.29) is 11.9 Å². The van der Waals surface area contributed by atoms with Crippen LogP contribution in [0.4, 0.5) is 0 Å². The molecule has 12 heavy (non-hydrogen) atoms. The summed E-state index contributed by atoms with van der Waals surface area (Å²) in [5, 5.41) is 11.7. The van der Waals surface area contributed by atoms with Gasteiger partial charge in [-0.25, -0.2) is 0 Å². The van der Waals surface area contributed by atoms with Crippen molar-refractivity contribution in [3.05, 3.63) is 17.4 Å². The molecular formula is C7H11ClN4. The Hall–Kier alpha value is -1.03. The fraction of sp³-hybridized carbons (Fsp3) is 0.429. The Bertz CT molecular complexity index is 281. The van der Waals surface area contributed by atoms with Gasteiger partial charge < -0.3 is 5.73 Å². The summed E-state index contributed by atoms with van der Waals surface area (Å²) >= 11 is 5.67. The van der Waals surface area contributed by atoms with Crippen LogP contribution in [0.15, 0.2) is 12.4 Å². The molecule has 0 fully saturated rings. The molecule has 1 heterocycles. The Balaban J connectivity index is 2.64.